The van der Waals surface area contributed by atoms with Crippen LogP contribution in [-0.2, 0) is 6.42 Å². The van der Waals surface area contributed by atoms with E-state index in [0.717, 1.165) is 36.6 Å². The Balaban J connectivity index is 1.58. The number of phenols is 1. The number of phenolic OH excluding ortho intramolecular Hbond substituents is 1. The van der Waals surface area contributed by atoms with Crippen molar-refractivity contribution in [2.45, 2.75) is 75.2 Å². The number of aromatic hydroxyl groups is 1. The first-order valence-corrected chi connectivity index (χ1v) is 10.2. The van der Waals surface area contributed by atoms with Gasteiger partial charge >= 0.3 is 0 Å². The fraction of sp³-hybridized carbons (Fsp3) is 0.714. The Labute approximate surface area is 154 Å². The van der Waals surface area contributed by atoms with E-state index in [9.17, 15) is 15.3 Å². The van der Waals surface area contributed by atoms with Crippen LogP contribution in [0.1, 0.15) is 56.1 Å². The van der Waals surface area contributed by atoms with Gasteiger partial charge in [0.05, 0.1) is 17.6 Å². The van der Waals surface area contributed by atoms with Gasteiger partial charge in [0.1, 0.15) is 6.10 Å². The third-order valence-corrected chi connectivity index (χ3v) is 7.47. The molecule has 5 heteroatoms. The van der Waals surface area contributed by atoms with Gasteiger partial charge in [-0.25, -0.2) is 0 Å². The number of rotatable bonds is 4. The number of aliphatic hydroxyl groups is 2. The average molecular weight is 359 g/mol. The molecular formula is C21H29NO4. The van der Waals surface area contributed by atoms with Crippen molar-refractivity contribution >= 4 is 0 Å². The largest absolute Gasteiger partial charge is 0.504 e. The van der Waals surface area contributed by atoms with Gasteiger partial charge in [0.15, 0.2) is 11.5 Å². The maximum atomic E-state index is 11.9. The maximum Gasteiger partial charge on any atom is 0.165 e. The van der Waals surface area contributed by atoms with Crippen LogP contribution in [0.4, 0.5) is 0 Å². The van der Waals surface area contributed by atoms with Crippen molar-refractivity contribution in [3.63, 3.8) is 0 Å². The summed E-state index contributed by atoms with van der Waals surface area (Å²) in [6, 6.07) is 3.71. The molecule has 0 aromatic heterocycles. The molecule has 1 unspecified atom stereocenters. The van der Waals surface area contributed by atoms with E-state index in [-0.39, 0.29) is 17.7 Å². The van der Waals surface area contributed by atoms with E-state index in [4.69, 9.17) is 4.74 Å². The Morgan fingerprint density at radius 3 is 2.77 bits per heavy atom. The molecule has 1 heterocycles. The van der Waals surface area contributed by atoms with Gasteiger partial charge in [-0.05, 0) is 56.2 Å². The molecule has 5 nitrogen and oxygen atoms in total. The van der Waals surface area contributed by atoms with Crippen LogP contribution in [0.25, 0.3) is 0 Å². The van der Waals surface area contributed by atoms with E-state index in [1.807, 2.05) is 6.07 Å². The second-order valence-corrected chi connectivity index (χ2v) is 8.75. The van der Waals surface area contributed by atoms with Crippen molar-refractivity contribution in [3.05, 3.63) is 23.3 Å². The number of nitrogens with zero attached hydrogens (tertiary/aromatic N) is 1. The van der Waals surface area contributed by atoms with E-state index in [1.54, 1.807) is 6.07 Å². The van der Waals surface area contributed by atoms with Crippen molar-refractivity contribution < 1.29 is 20.1 Å². The van der Waals surface area contributed by atoms with Gasteiger partial charge < -0.3 is 20.1 Å². The quantitative estimate of drug-likeness (QED) is 0.768. The summed E-state index contributed by atoms with van der Waals surface area (Å²) in [5, 5.41) is 32.7. The first kappa shape index (κ1) is 16.8. The van der Waals surface area contributed by atoms with Crippen LogP contribution < -0.4 is 4.74 Å². The fourth-order valence-corrected chi connectivity index (χ4v) is 5.86. The Morgan fingerprint density at radius 2 is 2.08 bits per heavy atom. The van der Waals surface area contributed by atoms with Gasteiger partial charge in [-0.1, -0.05) is 19.4 Å². The topological polar surface area (TPSA) is 73.2 Å². The molecule has 0 amide bonds. The minimum atomic E-state index is -0.907. The third-order valence-electron chi connectivity index (χ3n) is 7.47. The van der Waals surface area contributed by atoms with Gasteiger partial charge in [0, 0.05) is 18.2 Å². The highest BCUT2D eigenvalue weighted by Gasteiger charge is 2.61. The lowest BCUT2D eigenvalue weighted by atomic mass is 9.61. The smallest absolute Gasteiger partial charge is 0.165 e. The molecule has 26 heavy (non-hydrogen) atoms. The Kier molecular flexibility index (Phi) is 3.79. The molecule has 0 bridgehead atoms. The summed E-state index contributed by atoms with van der Waals surface area (Å²) < 4.78 is 6.01. The van der Waals surface area contributed by atoms with Gasteiger partial charge in [-0.3, -0.25) is 4.90 Å². The van der Waals surface area contributed by atoms with Crippen molar-refractivity contribution in [3.8, 4) is 11.5 Å². The number of benzene rings is 1. The highest BCUT2D eigenvalue weighted by Crippen LogP contribution is 2.58. The second-order valence-electron chi connectivity index (χ2n) is 8.75. The van der Waals surface area contributed by atoms with Crippen LogP contribution in [0.5, 0.6) is 11.5 Å². The summed E-state index contributed by atoms with van der Waals surface area (Å²) in [5.41, 5.74) is 1.18. The molecule has 3 aliphatic carbocycles. The first-order valence-electron chi connectivity index (χ1n) is 10.2. The van der Waals surface area contributed by atoms with Gasteiger partial charge in [-0.15, -0.1) is 0 Å². The number of ether oxygens (including phenoxy) is 1. The molecule has 2 saturated carbocycles. The van der Waals surface area contributed by atoms with Crippen LogP contribution in [-0.4, -0.2) is 57.2 Å². The normalized spacial score (nSPS) is 38.0. The second kappa shape index (κ2) is 5.85. The Hall–Kier alpha value is -1.30. The molecule has 1 aromatic rings. The fourth-order valence-electron chi connectivity index (χ4n) is 5.86. The van der Waals surface area contributed by atoms with E-state index in [0.29, 0.717) is 18.6 Å². The molecule has 5 rings (SSSR count). The molecule has 0 spiro atoms. The van der Waals surface area contributed by atoms with E-state index >= 15 is 0 Å². The molecule has 4 aliphatic rings. The average Bonchev–Trinajstić information content (AvgIpc) is 3.01. The third kappa shape index (κ3) is 2.20. The molecule has 2 fully saturated rings. The van der Waals surface area contributed by atoms with Crippen molar-refractivity contribution in [1.29, 1.82) is 0 Å². The molecule has 5 atom stereocenters. The van der Waals surface area contributed by atoms with E-state index in [1.165, 1.54) is 19.3 Å². The number of likely N-dealkylation sites (N-methyl/N-ethyl adjacent to an activating group) is 1. The van der Waals surface area contributed by atoms with Gasteiger partial charge in [0.2, 0.25) is 0 Å². The standard InChI is InChI=1S/C21H29NO4/c1-2-22(11-12-4-3-5-12)16-10-13-6-7-14(23)19-17(13)18-20(26-19)15(24)8-9-21(16,18)25/h6-7,12,15-16,18,20,23-25H,2-5,8-11H2,1H3/t15-,16+,18?,20-,21+/m0/s1. The molecule has 142 valence electrons. The van der Waals surface area contributed by atoms with Gasteiger partial charge in [0.25, 0.3) is 0 Å². The summed E-state index contributed by atoms with van der Waals surface area (Å²) in [5.74, 6) is 1.10. The van der Waals surface area contributed by atoms with Crippen LogP contribution in [0.2, 0.25) is 0 Å². The minimum absolute atomic E-state index is 0.0414. The van der Waals surface area contributed by atoms with Crippen LogP contribution in [0.3, 0.4) is 0 Å². The van der Waals surface area contributed by atoms with Crippen LogP contribution in [0.15, 0.2) is 12.1 Å². The summed E-state index contributed by atoms with van der Waals surface area (Å²) in [6.07, 6.45) is 4.77. The lowest BCUT2D eigenvalue weighted by molar-refractivity contribution is -0.142. The summed E-state index contributed by atoms with van der Waals surface area (Å²) in [6.45, 7) is 4.15. The zero-order valence-electron chi connectivity index (χ0n) is 15.4. The number of aliphatic hydroxyl groups excluding tert-OH is 1. The predicted octanol–water partition coefficient (Wildman–Crippen LogP) is 2.17. The van der Waals surface area contributed by atoms with E-state index in [2.05, 4.69) is 11.8 Å². The number of hydrogen-bond acceptors (Lipinski definition) is 5. The van der Waals surface area contributed by atoms with Crippen molar-refractivity contribution in [2.75, 3.05) is 13.1 Å². The molecule has 1 aliphatic heterocycles. The van der Waals surface area contributed by atoms with E-state index < -0.39 is 17.8 Å². The molecule has 0 saturated heterocycles. The minimum Gasteiger partial charge on any atom is -0.504 e. The lowest BCUT2D eigenvalue weighted by Gasteiger charge is -2.53. The SMILES string of the molecule is CCN(CC1CCC1)[C@@H]1Cc2ccc(O)c3c2C2[C@@H](O3)[C@@H](O)CC[C@]21O. The zero-order chi connectivity index (χ0) is 18.1. The number of hydrogen-bond donors (Lipinski definition) is 3. The summed E-state index contributed by atoms with van der Waals surface area (Å²) in [7, 11) is 0. The van der Waals surface area contributed by atoms with Crippen LogP contribution in [0, 0.1) is 5.92 Å². The Morgan fingerprint density at radius 1 is 1.27 bits per heavy atom. The Bertz CT molecular complexity index is 718. The maximum absolute atomic E-state index is 11.9. The summed E-state index contributed by atoms with van der Waals surface area (Å²) in [4.78, 5) is 2.46. The van der Waals surface area contributed by atoms with Crippen molar-refractivity contribution in [1.82, 2.24) is 4.90 Å². The lowest BCUT2D eigenvalue weighted by Crippen LogP contribution is -2.65. The molecular weight excluding hydrogens is 330 g/mol. The monoisotopic (exact) mass is 359 g/mol. The van der Waals surface area contributed by atoms with Crippen LogP contribution >= 0.6 is 0 Å². The zero-order valence-corrected chi connectivity index (χ0v) is 15.4. The highest BCUT2D eigenvalue weighted by atomic mass is 16.5. The first-order chi connectivity index (χ1) is 12.5. The summed E-state index contributed by atoms with van der Waals surface area (Å²) >= 11 is 0. The highest BCUT2D eigenvalue weighted by molar-refractivity contribution is 5.58. The van der Waals surface area contributed by atoms with Crippen molar-refractivity contribution in [2.24, 2.45) is 5.92 Å². The van der Waals surface area contributed by atoms with Gasteiger partial charge in [-0.2, -0.15) is 0 Å². The molecule has 0 radical (unpaired) electrons. The molecule has 3 N–H and O–H groups in total. The molecule has 1 aromatic carbocycles. The predicted molar refractivity (Wildman–Crippen MR) is 97.5 cm³/mol.